The monoisotopic (exact) mass is 400 g/mol. The Hall–Kier alpha value is -2.04. The number of hydrogen-bond donors (Lipinski definition) is 2. The Morgan fingerprint density at radius 3 is 2.61 bits per heavy atom. The second-order valence-corrected chi connectivity index (χ2v) is 8.23. The van der Waals surface area contributed by atoms with E-state index < -0.39 is 5.41 Å². The minimum Gasteiger partial charge on any atom is -0.488 e. The standard InChI is InChI=1S/C23H28N2O2.ClH/c1-5-16-17-11-14(2)20-19(23(3,4)22(26)25-20)21(17)27-18(16)13-24-12-15-9-7-6-8-10-15;/h6-11,16,18,24H,5,12-13H2,1-4H3,(H,25,26);1H. The Balaban J connectivity index is 0.00000225. The number of carbonyl (C=O) groups is 1. The van der Waals surface area contributed by atoms with Crippen molar-refractivity contribution >= 4 is 24.0 Å². The molecule has 0 saturated carbocycles. The number of fused-ring (bicyclic) bond motifs is 3. The molecule has 0 saturated heterocycles. The number of rotatable bonds is 5. The van der Waals surface area contributed by atoms with Gasteiger partial charge in [0.1, 0.15) is 11.9 Å². The van der Waals surface area contributed by atoms with Gasteiger partial charge in [0.2, 0.25) is 5.91 Å². The van der Waals surface area contributed by atoms with E-state index in [2.05, 4.69) is 54.8 Å². The van der Waals surface area contributed by atoms with Crippen LogP contribution in [0.5, 0.6) is 5.75 Å². The Kier molecular flexibility index (Phi) is 5.74. The topological polar surface area (TPSA) is 50.4 Å². The van der Waals surface area contributed by atoms with Crippen molar-refractivity contribution in [3.05, 3.63) is 58.7 Å². The molecule has 2 N–H and O–H groups in total. The van der Waals surface area contributed by atoms with Gasteiger partial charge in [-0.3, -0.25) is 4.79 Å². The molecule has 2 atom stereocenters. The highest BCUT2D eigenvalue weighted by Gasteiger charge is 2.46. The molecule has 5 heteroatoms. The fourth-order valence-electron chi connectivity index (χ4n) is 4.42. The van der Waals surface area contributed by atoms with Crippen molar-refractivity contribution in [3.63, 3.8) is 0 Å². The molecule has 0 radical (unpaired) electrons. The summed E-state index contributed by atoms with van der Waals surface area (Å²) in [7, 11) is 0. The predicted molar refractivity (Wildman–Crippen MR) is 116 cm³/mol. The van der Waals surface area contributed by atoms with Crippen LogP contribution < -0.4 is 15.4 Å². The van der Waals surface area contributed by atoms with Crippen LogP contribution >= 0.6 is 12.4 Å². The maximum atomic E-state index is 12.5. The van der Waals surface area contributed by atoms with E-state index in [0.29, 0.717) is 5.92 Å². The minimum atomic E-state index is -0.559. The normalized spacial score (nSPS) is 21.4. The lowest BCUT2D eigenvalue weighted by Crippen LogP contribution is -2.32. The second kappa shape index (κ2) is 7.76. The molecule has 0 aromatic heterocycles. The third-order valence-corrected chi connectivity index (χ3v) is 6.01. The van der Waals surface area contributed by atoms with Crippen LogP contribution in [0.4, 0.5) is 5.69 Å². The minimum absolute atomic E-state index is 0. The number of nitrogens with one attached hydrogen (secondary N) is 2. The van der Waals surface area contributed by atoms with Crippen molar-refractivity contribution in [2.45, 2.75) is 58.1 Å². The summed E-state index contributed by atoms with van der Waals surface area (Å²) >= 11 is 0. The average Bonchev–Trinajstić information content (AvgIpc) is 3.10. The van der Waals surface area contributed by atoms with Gasteiger partial charge in [0.05, 0.1) is 11.1 Å². The average molecular weight is 401 g/mol. The van der Waals surface area contributed by atoms with Crippen molar-refractivity contribution in [2.75, 3.05) is 11.9 Å². The van der Waals surface area contributed by atoms with E-state index in [-0.39, 0.29) is 24.4 Å². The summed E-state index contributed by atoms with van der Waals surface area (Å²) in [6.45, 7) is 9.88. The molecule has 2 heterocycles. The van der Waals surface area contributed by atoms with Crippen molar-refractivity contribution in [3.8, 4) is 5.75 Å². The smallest absolute Gasteiger partial charge is 0.234 e. The highest BCUT2D eigenvalue weighted by Crippen LogP contribution is 2.52. The SMILES string of the molecule is CCC1c2cc(C)c3c(c2OC1CNCc1ccccc1)C(C)(C)C(=O)N3.Cl. The number of carbonyl (C=O) groups excluding carboxylic acids is 1. The van der Waals surface area contributed by atoms with Gasteiger partial charge >= 0.3 is 0 Å². The van der Waals surface area contributed by atoms with E-state index >= 15 is 0 Å². The first-order chi connectivity index (χ1) is 12.9. The molecule has 0 spiro atoms. The third kappa shape index (κ3) is 3.29. The number of amides is 1. The number of hydrogen-bond acceptors (Lipinski definition) is 3. The molecular formula is C23H29ClN2O2. The number of aryl methyl sites for hydroxylation is 1. The summed E-state index contributed by atoms with van der Waals surface area (Å²) in [5.74, 6) is 1.33. The van der Waals surface area contributed by atoms with E-state index in [0.717, 1.165) is 42.1 Å². The molecule has 28 heavy (non-hydrogen) atoms. The largest absolute Gasteiger partial charge is 0.488 e. The van der Waals surface area contributed by atoms with Crippen LogP contribution in [0.3, 0.4) is 0 Å². The molecule has 2 aromatic rings. The fourth-order valence-corrected chi connectivity index (χ4v) is 4.42. The molecule has 4 nitrogen and oxygen atoms in total. The van der Waals surface area contributed by atoms with Gasteiger partial charge in [-0.25, -0.2) is 0 Å². The summed E-state index contributed by atoms with van der Waals surface area (Å²) in [5.41, 5.74) is 5.07. The van der Waals surface area contributed by atoms with Crippen molar-refractivity contribution in [1.29, 1.82) is 0 Å². The van der Waals surface area contributed by atoms with Gasteiger partial charge in [0.25, 0.3) is 0 Å². The first-order valence-electron chi connectivity index (χ1n) is 9.84. The Bertz CT molecular complexity index is 880. The van der Waals surface area contributed by atoms with Crippen LogP contribution in [0.1, 0.15) is 55.4 Å². The Morgan fingerprint density at radius 1 is 1.21 bits per heavy atom. The van der Waals surface area contributed by atoms with Gasteiger partial charge in [-0.1, -0.05) is 37.3 Å². The first-order valence-corrected chi connectivity index (χ1v) is 9.84. The van der Waals surface area contributed by atoms with Crippen molar-refractivity contribution < 1.29 is 9.53 Å². The molecular weight excluding hydrogens is 372 g/mol. The first kappa shape index (κ1) is 20.7. The van der Waals surface area contributed by atoms with Gasteiger partial charge < -0.3 is 15.4 Å². The van der Waals surface area contributed by atoms with E-state index in [1.165, 1.54) is 11.1 Å². The number of anilines is 1. The van der Waals surface area contributed by atoms with Crippen molar-refractivity contribution in [1.82, 2.24) is 5.32 Å². The molecule has 2 aliphatic rings. The van der Waals surface area contributed by atoms with E-state index in [4.69, 9.17) is 4.74 Å². The molecule has 0 bridgehead atoms. The molecule has 0 fully saturated rings. The quantitative estimate of drug-likeness (QED) is 0.765. The molecule has 150 valence electrons. The zero-order valence-corrected chi connectivity index (χ0v) is 17.8. The highest BCUT2D eigenvalue weighted by molar-refractivity contribution is 6.07. The summed E-state index contributed by atoms with van der Waals surface area (Å²) in [6.07, 6.45) is 1.11. The van der Waals surface area contributed by atoms with E-state index in [1.807, 2.05) is 19.9 Å². The zero-order valence-electron chi connectivity index (χ0n) is 17.0. The van der Waals surface area contributed by atoms with Gasteiger partial charge in [-0.2, -0.15) is 0 Å². The molecule has 4 rings (SSSR count). The van der Waals surface area contributed by atoms with Gasteiger partial charge in [0.15, 0.2) is 0 Å². The summed E-state index contributed by atoms with van der Waals surface area (Å²) < 4.78 is 6.48. The summed E-state index contributed by atoms with van der Waals surface area (Å²) in [5, 5.41) is 6.61. The number of benzene rings is 2. The molecule has 1 amide bonds. The van der Waals surface area contributed by atoms with Crippen LogP contribution in [-0.2, 0) is 16.8 Å². The molecule has 2 aliphatic heterocycles. The molecule has 2 aromatic carbocycles. The number of halogens is 1. The van der Waals surface area contributed by atoms with Gasteiger partial charge in [-0.15, -0.1) is 12.4 Å². The lowest BCUT2D eigenvalue weighted by molar-refractivity contribution is -0.119. The Morgan fingerprint density at radius 2 is 1.93 bits per heavy atom. The van der Waals surface area contributed by atoms with Crippen molar-refractivity contribution in [2.24, 2.45) is 0 Å². The molecule has 0 aliphatic carbocycles. The van der Waals surface area contributed by atoms with Crippen LogP contribution in [0.2, 0.25) is 0 Å². The van der Waals surface area contributed by atoms with Crippen LogP contribution in [-0.4, -0.2) is 18.6 Å². The predicted octanol–water partition coefficient (Wildman–Crippen LogP) is 4.69. The van der Waals surface area contributed by atoms with Crippen LogP contribution in [0.25, 0.3) is 0 Å². The van der Waals surface area contributed by atoms with Crippen LogP contribution in [0, 0.1) is 6.92 Å². The summed E-state index contributed by atoms with van der Waals surface area (Å²) in [4.78, 5) is 12.5. The lowest BCUT2D eigenvalue weighted by atomic mass is 9.81. The lowest BCUT2D eigenvalue weighted by Gasteiger charge is -2.20. The summed E-state index contributed by atoms with van der Waals surface area (Å²) in [6, 6.07) is 12.6. The van der Waals surface area contributed by atoms with Gasteiger partial charge in [-0.05, 0) is 44.4 Å². The zero-order chi connectivity index (χ0) is 19.2. The molecule has 2 unspecified atom stereocenters. The highest BCUT2D eigenvalue weighted by atomic mass is 35.5. The van der Waals surface area contributed by atoms with Crippen LogP contribution in [0.15, 0.2) is 36.4 Å². The Labute approximate surface area is 173 Å². The second-order valence-electron chi connectivity index (χ2n) is 8.23. The maximum absolute atomic E-state index is 12.5. The van der Waals surface area contributed by atoms with E-state index in [1.54, 1.807) is 0 Å². The fraction of sp³-hybridized carbons (Fsp3) is 0.435. The van der Waals surface area contributed by atoms with E-state index in [9.17, 15) is 4.79 Å². The third-order valence-electron chi connectivity index (χ3n) is 6.01. The maximum Gasteiger partial charge on any atom is 0.234 e. The van der Waals surface area contributed by atoms with Gasteiger partial charge in [0, 0.05) is 30.1 Å². The number of ether oxygens (including phenoxy) is 1.